The molecular weight excluding hydrogens is 426 g/mol. The van der Waals surface area contributed by atoms with E-state index in [1.165, 1.54) is 0 Å². The highest BCUT2D eigenvalue weighted by Gasteiger charge is 2.46. The minimum absolute atomic E-state index is 0.0320. The highest BCUT2D eigenvalue weighted by molar-refractivity contribution is 6.01. The van der Waals surface area contributed by atoms with Crippen molar-refractivity contribution < 1.29 is 9.59 Å². The number of fused-ring (bicyclic) bond motifs is 1. The van der Waals surface area contributed by atoms with E-state index in [1.54, 1.807) is 4.90 Å². The molecule has 3 aromatic carbocycles. The molecule has 2 unspecified atom stereocenters. The quantitative estimate of drug-likeness (QED) is 0.427. The Morgan fingerprint density at radius 2 is 1.74 bits per heavy atom. The predicted molar refractivity (Wildman–Crippen MR) is 136 cm³/mol. The number of nitrogens with one attached hydrogen (secondary N) is 3. The molecule has 7 heteroatoms. The van der Waals surface area contributed by atoms with Crippen molar-refractivity contribution in [3.8, 4) is 0 Å². The lowest BCUT2D eigenvalue weighted by atomic mass is 9.91. The maximum atomic E-state index is 13.0. The average molecular weight is 460 g/mol. The zero-order valence-electron chi connectivity index (χ0n) is 20.0. The minimum Gasteiger partial charge on any atom is -0.334 e. The SMILES string of the molecule is CC(C)CC1(C)NC(N)N(Cc2ccc(CNC(=O)Nc3cccc4ccccc34)cc2)C1=O. The number of hydrogen-bond acceptors (Lipinski definition) is 4. The largest absolute Gasteiger partial charge is 0.334 e. The van der Waals surface area contributed by atoms with Crippen molar-refractivity contribution in [3.63, 3.8) is 0 Å². The molecule has 1 saturated heterocycles. The molecule has 3 amide bonds. The Morgan fingerprint density at radius 1 is 1.06 bits per heavy atom. The second-order valence-electron chi connectivity index (χ2n) is 9.60. The van der Waals surface area contributed by atoms with Crippen molar-refractivity contribution in [2.45, 2.75) is 52.1 Å². The van der Waals surface area contributed by atoms with Crippen LogP contribution >= 0.6 is 0 Å². The van der Waals surface area contributed by atoms with Crippen molar-refractivity contribution in [2.24, 2.45) is 11.7 Å². The van der Waals surface area contributed by atoms with Crippen LogP contribution in [0.15, 0.2) is 66.7 Å². The van der Waals surface area contributed by atoms with Gasteiger partial charge in [-0.3, -0.25) is 15.8 Å². The van der Waals surface area contributed by atoms with Crippen molar-refractivity contribution in [3.05, 3.63) is 77.9 Å². The fraction of sp³-hybridized carbons (Fsp3) is 0.333. The summed E-state index contributed by atoms with van der Waals surface area (Å²) in [5.41, 5.74) is 8.32. The number of hydrogen-bond donors (Lipinski definition) is 4. The molecular formula is C27H33N5O2. The number of urea groups is 1. The Hall–Kier alpha value is -3.42. The lowest BCUT2D eigenvalue weighted by Crippen LogP contribution is -2.48. The van der Waals surface area contributed by atoms with Crippen LogP contribution < -0.4 is 21.7 Å². The molecule has 34 heavy (non-hydrogen) atoms. The van der Waals surface area contributed by atoms with Gasteiger partial charge in [0, 0.05) is 18.5 Å². The zero-order valence-corrected chi connectivity index (χ0v) is 20.0. The Kier molecular flexibility index (Phi) is 6.86. The van der Waals surface area contributed by atoms with Gasteiger partial charge in [0.05, 0.1) is 11.2 Å². The minimum atomic E-state index is -0.630. The van der Waals surface area contributed by atoms with E-state index in [2.05, 4.69) is 29.8 Å². The first-order chi connectivity index (χ1) is 16.2. The molecule has 1 fully saturated rings. The number of anilines is 1. The molecule has 0 aliphatic carbocycles. The highest BCUT2D eigenvalue weighted by Crippen LogP contribution is 2.27. The Morgan fingerprint density at radius 3 is 2.47 bits per heavy atom. The molecule has 1 heterocycles. The smallest absolute Gasteiger partial charge is 0.319 e. The monoisotopic (exact) mass is 459 g/mol. The summed E-state index contributed by atoms with van der Waals surface area (Å²) >= 11 is 0. The van der Waals surface area contributed by atoms with E-state index in [0.29, 0.717) is 19.0 Å². The predicted octanol–water partition coefficient (Wildman–Crippen LogP) is 4.14. The molecule has 5 N–H and O–H groups in total. The Balaban J connectivity index is 1.32. The Bertz CT molecular complexity index is 1170. The fourth-order valence-electron chi connectivity index (χ4n) is 4.68. The fourth-order valence-corrected chi connectivity index (χ4v) is 4.68. The van der Waals surface area contributed by atoms with E-state index >= 15 is 0 Å². The van der Waals surface area contributed by atoms with Crippen LogP contribution in [0, 0.1) is 5.92 Å². The van der Waals surface area contributed by atoms with E-state index in [-0.39, 0.29) is 11.9 Å². The molecule has 2 atom stereocenters. The second-order valence-corrected chi connectivity index (χ2v) is 9.60. The number of rotatable bonds is 7. The maximum Gasteiger partial charge on any atom is 0.319 e. The number of carbonyl (C=O) groups is 2. The number of carbonyl (C=O) groups excluding carboxylic acids is 2. The lowest BCUT2D eigenvalue weighted by Gasteiger charge is -2.24. The zero-order chi connectivity index (χ0) is 24.3. The van der Waals surface area contributed by atoms with Gasteiger partial charge in [0.25, 0.3) is 0 Å². The van der Waals surface area contributed by atoms with Gasteiger partial charge in [0.1, 0.15) is 6.29 Å². The van der Waals surface area contributed by atoms with Crippen LogP contribution in [-0.2, 0) is 17.9 Å². The van der Waals surface area contributed by atoms with Gasteiger partial charge >= 0.3 is 6.03 Å². The van der Waals surface area contributed by atoms with Crippen LogP contribution in [0.25, 0.3) is 10.8 Å². The first kappa shape index (κ1) is 23.7. The molecule has 0 radical (unpaired) electrons. The Labute approximate surface area is 200 Å². The van der Waals surface area contributed by atoms with Crippen LogP contribution in [0.2, 0.25) is 0 Å². The third-order valence-electron chi connectivity index (χ3n) is 6.22. The van der Waals surface area contributed by atoms with E-state index < -0.39 is 11.8 Å². The number of nitrogens with two attached hydrogens (primary N) is 1. The summed E-state index contributed by atoms with van der Waals surface area (Å²) in [6.45, 7) is 6.96. The summed E-state index contributed by atoms with van der Waals surface area (Å²) in [5, 5.41) is 11.2. The van der Waals surface area contributed by atoms with Crippen LogP contribution in [0.3, 0.4) is 0 Å². The third-order valence-corrected chi connectivity index (χ3v) is 6.22. The van der Waals surface area contributed by atoms with Crippen LogP contribution in [0.1, 0.15) is 38.3 Å². The number of benzene rings is 3. The second kappa shape index (κ2) is 9.83. The highest BCUT2D eigenvalue weighted by atomic mass is 16.2. The van der Waals surface area contributed by atoms with Gasteiger partial charge in [-0.05, 0) is 41.8 Å². The average Bonchev–Trinajstić information content (AvgIpc) is 3.01. The maximum absolute atomic E-state index is 13.0. The topological polar surface area (TPSA) is 99.5 Å². The van der Waals surface area contributed by atoms with Gasteiger partial charge in [-0.15, -0.1) is 0 Å². The molecule has 1 aliphatic rings. The summed E-state index contributed by atoms with van der Waals surface area (Å²) in [5.74, 6) is 0.419. The number of nitrogens with zero attached hydrogens (tertiary/aromatic N) is 1. The van der Waals surface area contributed by atoms with Crippen LogP contribution in [0.4, 0.5) is 10.5 Å². The first-order valence-corrected chi connectivity index (χ1v) is 11.7. The molecule has 0 spiro atoms. The summed E-state index contributed by atoms with van der Waals surface area (Å²) in [4.78, 5) is 27.1. The molecule has 178 valence electrons. The molecule has 4 rings (SSSR count). The van der Waals surface area contributed by atoms with Crippen LogP contribution in [0.5, 0.6) is 0 Å². The molecule has 7 nitrogen and oxygen atoms in total. The molecule has 1 aliphatic heterocycles. The van der Waals surface area contributed by atoms with E-state index in [9.17, 15) is 9.59 Å². The molecule has 3 aromatic rings. The van der Waals surface area contributed by atoms with Gasteiger partial charge in [-0.25, -0.2) is 4.79 Å². The summed E-state index contributed by atoms with van der Waals surface area (Å²) in [6, 6.07) is 21.4. The molecule has 0 aromatic heterocycles. The summed E-state index contributed by atoms with van der Waals surface area (Å²) < 4.78 is 0. The van der Waals surface area contributed by atoms with Gasteiger partial charge in [0.15, 0.2) is 0 Å². The van der Waals surface area contributed by atoms with Gasteiger partial charge < -0.3 is 15.5 Å². The van der Waals surface area contributed by atoms with Crippen LogP contribution in [-0.4, -0.2) is 28.7 Å². The number of amides is 3. The lowest BCUT2D eigenvalue weighted by molar-refractivity contribution is -0.133. The normalized spacial score (nSPS) is 20.2. The summed E-state index contributed by atoms with van der Waals surface area (Å²) in [7, 11) is 0. The molecule has 0 bridgehead atoms. The van der Waals surface area contributed by atoms with E-state index in [0.717, 1.165) is 34.0 Å². The molecule has 0 saturated carbocycles. The van der Waals surface area contributed by atoms with Crippen molar-refractivity contribution in [1.82, 2.24) is 15.5 Å². The van der Waals surface area contributed by atoms with Crippen molar-refractivity contribution in [1.29, 1.82) is 0 Å². The van der Waals surface area contributed by atoms with Gasteiger partial charge in [-0.1, -0.05) is 74.5 Å². The first-order valence-electron chi connectivity index (χ1n) is 11.7. The third kappa shape index (κ3) is 5.21. The van der Waals surface area contributed by atoms with Crippen molar-refractivity contribution >= 4 is 28.4 Å². The van der Waals surface area contributed by atoms with E-state index in [4.69, 9.17) is 5.73 Å². The standard InChI is InChI=1S/C27H33N5O2/c1-18(2)15-27(3)24(33)32(25(28)31-27)17-20-13-11-19(12-14-20)16-29-26(34)30-23-10-6-8-21-7-4-5-9-22(21)23/h4-14,18,25,31H,15-17,28H2,1-3H3,(H2,29,30,34). The van der Waals surface area contributed by atoms with E-state index in [1.807, 2.05) is 73.7 Å². The summed E-state index contributed by atoms with van der Waals surface area (Å²) in [6.07, 6.45) is 0.233. The van der Waals surface area contributed by atoms with Crippen molar-refractivity contribution in [2.75, 3.05) is 5.32 Å². The van der Waals surface area contributed by atoms with Gasteiger partial charge in [-0.2, -0.15) is 0 Å². The van der Waals surface area contributed by atoms with Gasteiger partial charge in [0.2, 0.25) is 5.91 Å².